The summed E-state index contributed by atoms with van der Waals surface area (Å²) in [4.78, 5) is 2.60. The number of halogens is 2. The first-order valence-corrected chi connectivity index (χ1v) is 9.12. The lowest BCUT2D eigenvalue weighted by Crippen LogP contribution is -2.40. The van der Waals surface area contributed by atoms with E-state index < -0.39 is 5.82 Å². The molecule has 1 aromatic carbocycles. The minimum atomic E-state index is -0.428. The summed E-state index contributed by atoms with van der Waals surface area (Å²) in [5, 5.41) is 6.85. The lowest BCUT2D eigenvalue weighted by atomic mass is 10.00. The first-order valence-electron chi connectivity index (χ1n) is 8.34. The molecule has 0 radical (unpaired) electrons. The van der Waals surface area contributed by atoms with Gasteiger partial charge < -0.3 is 15.5 Å². The molecule has 1 fully saturated rings. The Morgan fingerprint density at radius 2 is 2.26 bits per heavy atom. The monoisotopic (exact) mass is 357 g/mol. The van der Waals surface area contributed by atoms with E-state index in [2.05, 4.69) is 22.5 Å². The molecule has 6 heteroatoms. The summed E-state index contributed by atoms with van der Waals surface area (Å²) >= 11 is 11.0. The Hall–Kier alpha value is -0.910. The van der Waals surface area contributed by atoms with Gasteiger partial charge in [-0.1, -0.05) is 24.9 Å². The summed E-state index contributed by atoms with van der Waals surface area (Å²) in [6.07, 6.45) is 6.30. The molecule has 1 heterocycles. The maximum absolute atomic E-state index is 13.1. The van der Waals surface area contributed by atoms with E-state index >= 15 is 0 Å². The molecule has 0 unspecified atom stereocenters. The molecule has 0 aliphatic carbocycles. The Labute approximate surface area is 148 Å². The van der Waals surface area contributed by atoms with E-state index in [1.807, 2.05) is 0 Å². The number of thiocarbonyl (C=S) groups is 1. The molecule has 1 atom stereocenters. The summed E-state index contributed by atoms with van der Waals surface area (Å²) in [5.41, 5.74) is 0.691. The fourth-order valence-electron chi connectivity index (χ4n) is 3.05. The second-order valence-electron chi connectivity index (χ2n) is 5.96. The zero-order chi connectivity index (χ0) is 16.7. The molecule has 2 N–H and O–H groups in total. The minimum absolute atomic E-state index is 0.0912. The number of hydrogen-bond donors (Lipinski definition) is 2. The van der Waals surface area contributed by atoms with E-state index in [1.165, 1.54) is 44.4 Å². The van der Waals surface area contributed by atoms with Gasteiger partial charge in [0.05, 0.1) is 5.02 Å². The molecule has 2 rings (SSSR count). The van der Waals surface area contributed by atoms with Crippen molar-refractivity contribution in [3.05, 3.63) is 29.0 Å². The largest absolute Gasteiger partial charge is 0.362 e. The molecule has 23 heavy (non-hydrogen) atoms. The van der Waals surface area contributed by atoms with Crippen molar-refractivity contribution >= 4 is 34.6 Å². The highest BCUT2D eigenvalue weighted by Gasteiger charge is 2.19. The van der Waals surface area contributed by atoms with E-state index in [9.17, 15) is 4.39 Å². The second-order valence-corrected chi connectivity index (χ2v) is 6.77. The van der Waals surface area contributed by atoms with Crippen LogP contribution in [0.2, 0.25) is 5.02 Å². The van der Waals surface area contributed by atoms with Gasteiger partial charge in [-0.25, -0.2) is 4.39 Å². The molecule has 0 bridgehead atoms. The third-order valence-electron chi connectivity index (χ3n) is 4.31. The van der Waals surface area contributed by atoms with Gasteiger partial charge in [-0.2, -0.15) is 0 Å². The highest BCUT2D eigenvalue weighted by molar-refractivity contribution is 7.80. The average Bonchev–Trinajstić information content (AvgIpc) is 2.55. The van der Waals surface area contributed by atoms with Crippen LogP contribution in [0.5, 0.6) is 0 Å². The summed E-state index contributed by atoms with van der Waals surface area (Å²) in [6.45, 7) is 5.42. The minimum Gasteiger partial charge on any atom is -0.362 e. The van der Waals surface area contributed by atoms with Gasteiger partial charge in [-0.3, -0.25) is 0 Å². The smallest absolute Gasteiger partial charge is 0.170 e. The predicted octanol–water partition coefficient (Wildman–Crippen LogP) is 4.42. The third kappa shape index (κ3) is 5.90. The fourth-order valence-corrected chi connectivity index (χ4v) is 3.45. The summed E-state index contributed by atoms with van der Waals surface area (Å²) < 4.78 is 13.1. The van der Waals surface area contributed by atoms with Gasteiger partial charge >= 0.3 is 0 Å². The molecule has 0 saturated carbocycles. The number of rotatable bonds is 6. The number of hydrogen-bond acceptors (Lipinski definition) is 2. The maximum Gasteiger partial charge on any atom is 0.170 e. The number of anilines is 1. The van der Waals surface area contributed by atoms with Gasteiger partial charge in [-0.15, -0.1) is 0 Å². The molecule has 1 saturated heterocycles. The van der Waals surface area contributed by atoms with E-state index in [0.717, 1.165) is 25.6 Å². The summed E-state index contributed by atoms with van der Waals surface area (Å²) in [6, 6.07) is 5.23. The Morgan fingerprint density at radius 1 is 1.43 bits per heavy atom. The van der Waals surface area contributed by atoms with Crippen molar-refractivity contribution in [2.24, 2.45) is 0 Å². The number of piperidine rings is 1. The van der Waals surface area contributed by atoms with Crippen LogP contribution in [0, 0.1) is 5.82 Å². The van der Waals surface area contributed by atoms with Crippen LogP contribution < -0.4 is 10.6 Å². The number of likely N-dealkylation sites (tertiary alicyclic amines) is 1. The van der Waals surface area contributed by atoms with Crippen molar-refractivity contribution in [3.8, 4) is 0 Å². The van der Waals surface area contributed by atoms with Crippen molar-refractivity contribution in [1.29, 1.82) is 0 Å². The number of nitrogens with one attached hydrogen (secondary N) is 2. The maximum atomic E-state index is 13.1. The molecule has 0 spiro atoms. The molecule has 1 aromatic rings. The van der Waals surface area contributed by atoms with E-state index in [-0.39, 0.29) is 5.02 Å². The van der Waals surface area contributed by atoms with Crippen molar-refractivity contribution in [1.82, 2.24) is 10.2 Å². The van der Waals surface area contributed by atoms with Gasteiger partial charge in [-0.05, 0) is 62.6 Å². The zero-order valence-corrected chi connectivity index (χ0v) is 15.2. The second kappa shape index (κ2) is 9.40. The lowest BCUT2D eigenvalue weighted by molar-refractivity contribution is 0.143. The van der Waals surface area contributed by atoms with Crippen LogP contribution in [0.15, 0.2) is 18.2 Å². The fraction of sp³-hybridized carbons (Fsp3) is 0.588. The number of nitrogens with zero attached hydrogens (tertiary/aromatic N) is 1. The van der Waals surface area contributed by atoms with Crippen LogP contribution in [0.25, 0.3) is 0 Å². The van der Waals surface area contributed by atoms with Crippen molar-refractivity contribution in [2.45, 2.75) is 45.1 Å². The molecule has 0 amide bonds. The Morgan fingerprint density at radius 3 is 3.00 bits per heavy atom. The van der Waals surface area contributed by atoms with Crippen molar-refractivity contribution in [3.63, 3.8) is 0 Å². The Balaban J connectivity index is 1.67. The van der Waals surface area contributed by atoms with E-state index in [4.69, 9.17) is 23.8 Å². The van der Waals surface area contributed by atoms with Gasteiger partial charge in [0, 0.05) is 24.8 Å². The Bertz CT molecular complexity index is 527. The van der Waals surface area contributed by atoms with Crippen LogP contribution in [-0.4, -0.2) is 35.7 Å². The lowest BCUT2D eigenvalue weighted by Gasteiger charge is -2.35. The van der Waals surface area contributed by atoms with Gasteiger partial charge in [0.25, 0.3) is 0 Å². The SMILES string of the molecule is CC[C@@H]1CCCCN1CCCNC(=S)Nc1ccc(F)c(Cl)c1. The zero-order valence-electron chi connectivity index (χ0n) is 13.6. The topological polar surface area (TPSA) is 27.3 Å². The van der Waals surface area contributed by atoms with Crippen LogP contribution in [0.3, 0.4) is 0 Å². The van der Waals surface area contributed by atoms with Gasteiger partial charge in [0.2, 0.25) is 0 Å². The highest BCUT2D eigenvalue weighted by Crippen LogP contribution is 2.20. The van der Waals surface area contributed by atoms with E-state index in [0.29, 0.717) is 10.8 Å². The molecule has 1 aliphatic rings. The summed E-state index contributed by atoms with van der Waals surface area (Å²) in [7, 11) is 0. The molecular formula is C17H25ClFN3S. The van der Waals surface area contributed by atoms with Crippen molar-refractivity contribution < 1.29 is 4.39 Å². The van der Waals surface area contributed by atoms with Gasteiger partial charge in [0.15, 0.2) is 5.11 Å². The predicted molar refractivity (Wildman–Crippen MR) is 99.8 cm³/mol. The standard InChI is InChI=1S/C17H25ClFN3S/c1-2-14-6-3-4-10-22(14)11-5-9-20-17(23)21-13-7-8-16(19)15(18)12-13/h7-8,12,14H,2-6,9-11H2,1H3,(H2,20,21,23)/t14-/m1/s1. The summed E-state index contributed by atoms with van der Waals surface area (Å²) in [5.74, 6) is -0.428. The normalized spacial score (nSPS) is 18.7. The number of benzene rings is 1. The molecule has 3 nitrogen and oxygen atoms in total. The van der Waals surface area contributed by atoms with Crippen LogP contribution in [0.1, 0.15) is 39.0 Å². The molecular weight excluding hydrogens is 333 g/mol. The third-order valence-corrected chi connectivity index (χ3v) is 4.84. The Kier molecular flexibility index (Phi) is 7.53. The highest BCUT2D eigenvalue weighted by atomic mass is 35.5. The van der Waals surface area contributed by atoms with Crippen LogP contribution in [-0.2, 0) is 0 Å². The van der Waals surface area contributed by atoms with Crippen molar-refractivity contribution in [2.75, 3.05) is 25.0 Å². The first-order chi connectivity index (χ1) is 11.1. The molecule has 1 aliphatic heterocycles. The first kappa shape index (κ1) is 18.4. The van der Waals surface area contributed by atoms with Crippen LogP contribution in [0.4, 0.5) is 10.1 Å². The molecule has 0 aromatic heterocycles. The van der Waals surface area contributed by atoms with E-state index in [1.54, 1.807) is 6.07 Å². The van der Waals surface area contributed by atoms with Gasteiger partial charge in [0.1, 0.15) is 5.82 Å². The average molecular weight is 358 g/mol. The van der Waals surface area contributed by atoms with Crippen LogP contribution >= 0.6 is 23.8 Å². The molecule has 128 valence electrons. The quantitative estimate of drug-likeness (QED) is 0.582.